The van der Waals surface area contributed by atoms with Gasteiger partial charge in [0.2, 0.25) is 0 Å². The Labute approximate surface area is 322 Å². The number of hydrogen-bond acceptors (Lipinski definition) is 6. The van der Waals surface area contributed by atoms with Gasteiger partial charge in [-0.05, 0) is 111 Å². The summed E-state index contributed by atoms with van der Waals surface area (Å²) in [7, 11) is -0.472. The van der Waals surface area contributed by atoms with E-state index in [9.17, 15) is 14.4 Å². The summed E-state index contributed by atoms with van der Waals surface area (Å²) in [6.45, 7) is 9.77. The number of benzene rings is 6. The Balaban J connectivity index is 0.000000210. The molecule has 0 aliphatic rings. The first-order valence-corrected chi connectivity index (χ1v) is 19.4. The van der Waals surface area contributed by atoms with E-state index in [1.54, 1.807) is 19.1 Å². The third-order valence-electron chi connectivity index (χ3n) is 7.49. The largest absolute Gasteiger partial charge is 0.450 e. The Hall–Kier alpha value is -6.09. The van der Waals surface area contributed by atoms with Crippen LogP contribution in [0.25, 0.3) is 0 Å². The van der Waals surface area contributed by atoms with Gasteiger partial charge in [-0.25, -0.2) is 14.4 Å². The molecule has 0 bridgehead atoms. The van der Waals surface area contributed by atoms with Crippen LogP contribution < -0.4 is 9.47 Å². The Morgan fingerprint density at radius 1 is 0.426 bits per heavy atom. The third kappa shape index (κ3) is 11.2. The van der Waals surface area contributed by atoms with Crippen LogP contribution >= 0.6 is 0 Å². The van der Waals surface area contributed by atoms with E-state index in [2.05, 4.69) is 86.0 Å². The molecule has 0 saturated carbocycles. The first kappa shape index (κ1) is 39.1. The van der Waals surface area contributed by atoms with E-state index in [0.717, 1.165) is 4.90 Å². The molecule has 8 heteroatoms. The van der Waals surface area contributed by atoms with Crippen molar-refractivity contribution in [3.63, 3.8) is 0 Å². The Kier molecular flexibility index (Phi) is 14.2. The molecule has 0 fully saturated rings. The van der Waals surface area contributed by atoms with E-state index in [0.29, 0.717) is 17.1 Å². The lowest BCUT2D eigenvalue weighted by Crippen LogP contribution is -2.19. The molecule has 6 aromatic rings. The van der Waals surface area contributed by atoms with Gasteiger partial charge >= 0.3 is 17.9 Å². The molecule has 6 rings (SSSR count). The number of rotatable bonds is 12. The second kappa shape index (κ2) is 19.7. The van der Waals surface area contributed by atoms with Crippen LogP contribution in [0.4, 0.5) is 0 Å². The van der Waals surface area contributed by atoms with E-state index in [1.165, 1.54) is 31.4 Å². The Morgan fingerprint density at radius 3 is 1.04 bits per heavy atom. The maximum Gasteiger partial charge on any atom is 0.349 e. The molecular formula is C46H40O6S2+2. The minimum atomic E-state index is -0.641. The highest BCUT2D eigenvalue weighted by molar-refractivity contribution is 7.97. The summed E-state index contributed by atoms with van der Waals surface area (Å²) in [4.78, 5) is 42.1. The number of esters is 3. The second-order valence-electron chi connectivity index (χ2n) is 11.8. The fourth-order valence-electron chi connectivity index (χ4n) is 4.93. The van der Waals surface area contributed by atoms with E-state index < -0.39 is 24.5 Å². The summed E-state index contributed by atoms with van der Waals surface area (Å²) in [5.74, 6) is -0.737. The molecule has 0 aliphatic heterocycles. The zero-order valence-corrected chi connectivity index (χ0v) is 31.7. The van der Waals surface area contributed by atoms with Gasteiger partial charge < -0.3 is 14.2 Å². The van der Waals surface area contributed by atoms with Crippen LogP contribution in [0.15, 0.2) is 224 Å². The van der Waals surface area contributed by atoms with E-state index in [-0.39, 0.29) is 27.4 Å². The highest BCUT2D eigenvalue weighted by Crippen LogP contribution is 2.33. The van der Waals surface area contributed by atoms with Gasteiger partial charge in [-0.1, -0.05) is 86.0 Å². The lowest BCUT2D eigenvalue weighted by molar-refractivity contribution is -0.150. The van der Waals surface area contributed by atoms with Crippen molar-refractivity contribution in [2.75, 3.05) is 6.61 Å². The first-order chi connectivity index (χ1) is 26.2. The minimum absolute atomic E-state index is 0.202. The molecule has 0 spiro atoms. The van der Waals surface area contributed by atoms with Crippen molar-refractivity contribution >= 4 is 39.7 Å². The summed E-state index contributed by atoms with van der Waals surface area (Å²) in [6.07, 6.45) is 0. The predicted octanol–water partition coefficient (Wildman–Crippen LogP) is 10.1. The van der Waals surface area contributed by atoms with Crippen molar-refractivity contribution in [2.24, 2.45) is 0 Å². The van der Waals surface area contributed by atoms with Gasteiger partial charge in [0.05, 0.1) is 21.8 Å². The van der Waals surface area contributed by atoms with Crippen LogP contribution in [0.5, 0.6) is 11.5 Å². The minimum Gasteiger partial charge on any atom is -0.450 e. The molecular weight excluding hydrogens is 713 g/mol. The van der Waals surface area contributed by atoms with Gasteiger partial charge in [-0.3, -0.25) is 0 Å². The lowest BCUT2D eigenvalue weighted by atomic mass is 10.3. The van der Waals surface area contributed by atoms with E-state index in [1.807, 2.05) is 84.9 Å². The van der Waals surface area contributed by atoms with Crippen molar-refractivity contribution in [1.82, 2.24) is 0 Å². The predicted molar refractivity (Wildman–Crippen MR) is 215 cm³/mol. The summed E-state index contributed by atoms with van der Waals surface area (Å²) in [6, 6.07) is 56.5. The maximum atomic E-state index is 11.9. The average Bonchev–Trinajstić information content (AvgIpc) is 3.20. The molecule has 0 unspecified atom stereocenters. The van der Waals surface area contributed by atoms with Crippen LogP contribution in [0.3, 0.4) is 0 Å². The first-order valence-electron chi connectivity index (χ1n) is 17.0. The van der Waals surface area contributed by atoms with Gasteiger partial charge in [0, 0.05) is 11.1 Å². The van der Waals surface area contributed by atoms with Crippen molar-refractivity contribution < 1.29 is 28.6 Å². The zero-order chi connectivity index (χ0) is 38.3. The summed E-state index contributed by atoms with van der Waals surface area (Å²) >= 11 is 0. The Morgan fingerprint density at radius 2 is 0.722 bits per heavy atom. The van der Waals surface area contributed by atoms with E-state index in [4.69, 9.17) is 14.2 Å². The molecule has 0 amide bonds. The number of ether oxygens (including phenoxy) is 3. The molecule has 0 aromatic heterocycles. The van der Waals surface area contributed by atoms with Crippen molar-refractivity contribution in [3.8, 4) is 11.5 Å². The average molecular weight is 753 g/mol. The Bertz CT molecular complexity index is 2080. The van der Waals surface area contributed by atoms with Gasteiger partial charge in [0.1, 0.15) is 11.5 Å². The highest BCUT2D eigenvalue weighted by Gasteiger charge is 2.29. The molecule has 0 saturated heterocycles. The number of hydrogen-bond donors (Lipinski definition) is 0. The smallest absolute Gasteiger partial charge is 0.349 e. The number of carbonyl (C=O) groups is 3. The third-order valence-corrected chi connectivity index (χ3v) is 12.0. The molecule has 6 aromatic carbocycles. The molecule has 0 radical (unpaired) electrons. The number of carbonyl (C=O) groups excluding carboxylic acids is 3. The van der Waals surface area contributed by atoms with Crippen LogP contribution in [0, 0.1) is 0 Å². The van der Waals surface area contributed by atoms with Crippen LogP contribution in [-0.4, -0.2) is 24.5 Å². The van der Waals surface area contributed by atoms with Crippen LogP contribution in [0.1, 0.15) is 13.8 Å². The standard InChI is InChI=1S/C24H21O4S.C22H19O2S/c1-18(2)24(26)27-17-23(25)28-19-13-15-22(16-14-19)29(20-9-5-3-6-10-20)21-11-7-4-8-12-21;1-17(2)22(23)24-18-13-15-21(16-14-18)25(19-9-5-3-6-10-19)20-11-7-4-8-12-20/h3-16H,1,17H2,2H3;3-16H,1H2,2H3/q2*+1. The summed E-state index contributed by atoms with van der Waals surface area (Å²) < 4.78 is 15.3. The molecule has 0 heterocycles. The van der Waals surface area contributed by atoms with Gasteiger partial charge in [0.15, 0.2) is 36.0 Å². The van der Waals surface area contributed by atoms with Gasteiger partial charge in [-0.2, -0.15) is 0 Å². The van der Waals surface area contributed by atoms with Crippen molar-refractivity contribution in [3.05, 3.63) is 194 Å². The lowest BCUT2D eigenvalue weighted by Gasteiger charge is -2.09. The van der Waals surface area contributed by atoms with E-state index >= 15 is 0 Å². The van der Waals surface area contributed by atoms with Crippen molar-refractivity contribution in [2.45, 2.75) is 43.2 Å². The molecule has 6 nitrogen and oxygen atoms in total. The van der Waals surface area contributed by atoms with Crippen molar-refractivity contribution in [1.29, 1.82) is 0 Å². The quantitative estimate of drug-likeness (QED) is 0.0536. The topological polar surface area (TPSA) is 78.9 Å². The summed E-state index contributed by atoms with van der Waals surface area (Å²) in [5, 5.41) is 0. The van der Waals surface area contributed by atoms with Crippen LogP contribution in [0.2, 0.25) is 0 Å². The summed E-state index contributed by atoms with van der Waals surface area (Å²) in [5.41, 5.74) is 0.619. The monoisotopic (exact) mass is 752 g/mol. The molecule has 0 N–H and O–H groups in total. The normalized spacial score (nSPS) is 10.4. The fraction of sp³-hybridized carbons (Fsp3) is 0.0652. The van der Waals surface area contributed by atoms with Gasteiger partial charge in [0.25, 0.3) is 0 Å². The molecule has 0 atom stereocenters. The SMILES string of the molecule is C=C(C)C(=O)OCC(=O)Oc1ccc([S+](c2ccccc2)c2ccccc2)cc1.C=C(C)C(=O)Oc1ccc([S+](c2ccccc2)c2ccccc2)cc1. The highest BCUT2D eigenvalue weighted by atomic mass is 32.2. The van der Waals surface area contributed by atoms with Crippen LogP contribution in [-0.2, 0) is 40.9 Å². The molecule has 54 heavy (non-hydrogen) atoms. The maximum absolute atomic E-state index is 11.9. The molecule has 270 valence electrons. The van der Waals surface area contributed by atoms with Gasteiger partial charge in [-0.15, -0.1) is 0 Å². The fourth-order valence-corrected chi connectivity index (χ4v) is 9.10. The zero-order valence-electron chi connectivity index (χ0n) is 30.1. The molecule has 0 aliphatic carbocycles. The second-order valence-corrected chi connectivity index (χ2v) is 15.9.